The van der Waals surface area contributed by atoms with E-state index in [9.17, 15) is 5.11 Å². The van der Waals surface area contributed by atoms with Gasteiger partial charge >= 0.3 is 0 Å². The molecule has 0 saturated carbocycles. The van der Waals surface area contributed by atoms with Gasteiger partial charge in [0.25, 0.3) is 0 Å². The second-order valence-electron chi connectivity index (χ2n) is 5.94. The molecule has 0 aliphatic carbocycles. The lowest BCUT2D eigenvalue weighted by atomic mass is 10.1. The van der Waals surface area contributed by atoms with Crippen LogP contribution in [0.15, 0.2) is 24.3 Å². The molecule has 0 spiro atoms. The van der Waals surface area contributed by atoms with Gasteiger partial charge < -0.3 is 15.3 Å². The van der Waals surface area contributed by atoms with Gasteiger partial charge in [0.2, 0.25) is 0 Å². The van der Waals surface area contributed by atoms with Gasteiger partial charge in [-0.15, -0.1) is 0 Å². The summed E-state index contributed by atoms with van der Waals surface area (Å²) in [4.78, 5) is 5.04. The molecule has 1 aliphatic rings. The Kier molecular flexibility index (Phi) is 6.49. The van der Waals surface area contributed by atoms with E-state index >= 15 is 0 Å². The summed E-state index contributed by atoms with van der Waals surface area (Å²) in [5, 5.41) is 12.7. The van der Waals surface area contributed by atoms with Crippen LogP contribution in [0.25, 0.3) is 0 Å². The standard InChI is InChI=1S/C17H29N3O/c1-3-8-19-9-11-20(12-10-19)17-7-5-4-6-16(17)14-18-13-15(2)21/h4-7,15,18,21H,3,8-14H2,1-2H3. The molecule has 1 unspecified atom stereocenters. The maximum atomic E-state index is 9.35. The molecule has 1 saturated heterocycles. The smallest absolute Gasteiger partial charge is 0.0636 e. The lowest BCUT2D eigenvalue weighted by molar-refractivity contribution is 0.191. The van der Waals surface area contributed by atoms with E-state index in [1.165, 1.54) is 24.2 Å². The van der Waals surface area contributed by atoms with Crippen molar-refractivity contribution in [2.24, 2.45) is 0 Å². The van der Waals surface area contributed by atoms with Crippen LogP contribution < -0.4 is 10.2 Å². The Hall–Kier alpha value is -1.10. The van der Waals surface area contributed by atoms with Crippen LogP contribution in [0.3, 0.4) is 0 Å². The first kappa shape index (κ1) is 16.3. The molecule has 0 bridgehead atoms. The fraction of sp³-hybridized carbons (Fsp3) is 0.647. The molecule has 1 aromatic rings. The van der Waals surface area contributed by atoms with E-state index in [1.807, 2.05) is 6.92 Å². The van der Waals surface area contributed by atoms with Crippen LogP contribution in [0.4, 0.5) is 5.69 Å². The molecule has 1 aromatic carbocycles. The van der Waals surface area contributed by atoms with Crippen molar-refractivity contribution in [3.8, 4) is 0 Å². The normalized spacial score (nSPS) is 18.0. The van der Waals surface area contributed by atoms with Gasteiger partial charge in [0.1, 0.15) is 0 Å². The number of nitrogens with zero attached hydrogens (tertiary/aromatic N) is 2. The molecule has 21 heavy (non-hydrogen) atoms. The van der Waals surface area contributed by atoms with Gasteiger partial charge in [-0.05, 0) is 31.5 Å². The van der Waals surface area contributed by atoms with Gasteiger partial charge in [-0.25, -0.2) is 0 Å². The second-order valence-corrected chi connectivity index (χ2v) is 5.94. The van der Waals surface area contributed by atoms with Crippen LogP contribution >= 0.6 is 0 Å². The minimum Gasteiger partial charge on any atom is -0.392 e. The van der Waals surface area contributed by atoms with Gasteiger partial charge in [-0.3, -0.25) is 4.90 Å². The summed E-state index contributed by atoms with van der Waals surface area (Å²) in [5.74, 6) is 0. The maximum Gasteiger partial charge on any atom is 0.0636 e. The highest BCUT2D eigenvalue weighted by Gasteiger charge is 2.18. The third kappa shape index (κ3) is 4.99. The van der Waals surface area contributed by atoms with E-state index < -0.39 is 0 Å². The Bertz CT molecular complexity index is 414. The predicted molar refractivity (Wildman–Crippen MR) is 88.8 cm³/mol. The molecule has 2 N–H and O–H groups in total. The molecule has 1 aliphatic heterocycles. The summed E-state index contributed by atoms with van der Waals surface area (Å²) in [5.41, 5.74) is 2.66. The van der Waals surface area contributed by atoms with Crippen molar-refractivity contribution in [3.05, 3.63) is 29.8 Å². The number of rotatable bonds is 7. The van der Waals surface area contributed by atoms with Crippen LogP contribution in [0.5, 0.6) is 0 Å². The monoisotopic (exact) mass is 291 g/mol. The van der Waals surface area contributed by atoms with Crippen molar-refractivity contribution in [2.45, 2.75) is 32.9 Å². The average molecular weight is 291 g/mol. The zero-order valence-corrected chi connectivity index (χ0v) is 13.4. The molecule has 118 valence electrons. The van der Waals surface area contributed by atoms with Crippen molar-refractivity contribution in [2.75, 3.05) is 44.2 Å². The average Bonchev–Trinajstić information content (AvgIpc) is 2.49. The van der Waals surface area contributed by atoms with Crippen molar-refractivity contribution in [1.29, 1.82) is 0 Å². The van der Waals surface area contributed by atoms with E-state index in [0.29, 0.717) is 6.54 Å². The molecular weight excluding hydrogens is 262 g/mol. The van der Waals surface area contributed by atoms with E-state index in [2.05, 4.69) is 46.3 Å². The molecule has 1 atom stereocenters. The molecule has 4 nitrogen and oxygen atoms in total. The zero-order valence-electron chi connectivity index (χ0n) is 13.4. The van der Waals surface area contributed by atoms with E-state index in [0.717, 1.165) is 32.7 Å². The number of para-hydroxylation sites is 1. The number of nitrogens with one attached hydrogen (secondary N) is 1. The van der Waals surface area contributed by atoms with Gasteiger partial charge in [0, 0.05) is 45.0 Å². The summed E-state index contributed by atoms with van der Waals surface area (Å²) in [7, 11) is 0. The van der Waals surface area contributed by atoms with Crippen LogP contribution in [0.2, 0.25) is 0 Å². The Labute approximate surface area is 128 Å². The summed E-state index contributed by atoms with van der Waals surface area (Å²) in [6.45, 7) is 11.2. The molecular formula is C17H29N3O. The highest BCUT2D eigenvalue weighted by atomic mass is 16.3. The Morgan fingerprint density at radius 1 is 1.19 bits per heavy atom. The third-order valence-corrected chi connectivity index (χ3v) is 4.00. The van der Waals surface area contributed by atoms with Gasteiger partial charge in [0.15, 0.2) is 0 Å². The highest BCUT2D eigenvalue weighted by Crippen LogP contribution is 2.21. The number of aliphatic hydroxyl groups is 1. The third-order valence-electron chi connectivity index (χ3n) is 4.00. The number of hydrogen-bond donors (Lipinski definition) is 2. The molecule has 1 fully saturated rings. The molecule has 0 amide bonds. The van der Waals surface area contributed by atoms with Crippen LogP contribution in [-0.4, -0.2) is 55.4 Å². The minimum atomic E-state index is -0.297. The van der Waals surface area contributed by atoms with Crippen LogP contribution in [-0.2, 0) is 6.54 Å². The number of piperazine rings is 1. The Balaban J connectivity index is 1.93. The van der Waals surface area contributed by atoms with E-state index in [1.54, 1.807) is 0 Å². The Morgan fingerprint density at radius 2 is 1.90 bits per heavy atom. The molecule has 4 heteroatoms. The summed E-state index contributed by atoms with van der Waals surface area (Å²) in [6.07, 6.45) is 0.939. The van der Waals surface area contributed by atoms with Crippen molar-refractivity contribution in [3.63, 3.8) is 0 Å². The first-order valence-electron chi connectivity index (χ1n) is 8.14. The molecule has 1 heterocycles. The van der Waals surface area contributed by atoms with E-state index in [-0.39, 0.29) is 6.10 Å². The van der Waals surface area contributed by atoms with Gasteiger partial charge in [-0.2, -0.15) is 0 Å². The minimum absolute atomic E-state index is 0.297. The number of benzene rings is 1. The largest absolute Gasteiger partial charge is 0.392 e. The zero-order chi connectivity index (χ0) is 15.1. The SMILES string of the molecule is CCCN1CCN(c2ccccc2CNCC(C)O)CC1. The van der Waals surface area contributed by atoms with Crippen LogP contribution in [0, 0.1) is 0 Å². The fourth-order valence-electron chi connectivity index (χ4n) is 2.91. The number of anilines is 1. The molecule has 2 rings (SSSR count). The summed E-state index contributed by atoms with van der Waals surface area (Å²) >= 11 is 0. The fourth-order valence-corrected chi connectivity index (χ4v) is 2.91. The first-order chi connectivity index (χ1) is 10.2. The van der Waals surface area contributed by atoms with E-state index in [4.69, 9.17) is 0 Å². The maximum absolute atomic E-state index is 9.35. The van der Waals surface area contributed by atoms with Crippen LogP contribution in [0.1, 0.15) is 25.8 Å². The molecule has 0 radical (unpaired) electrons. The lowest BCUT2D eigenvalue weighted by Gasteiger charge is -2.37. The summed E-state index contributed by atoms with van der Waals surface area (Å²) in [6, 6.07) is 8.61. The van der Waals surface area contributed by atoms with Gasteiger partial charge in [0.05, 0.1) is 6.10 Å². The van der Waals surface area contributed by atoms with Crippen molar-refractivity contribution >= 4 is 5.69 Å². The second kappa shape index (κ2) is 8.37. The predicted octanol–water partition coefficient (Wildman–Crippen LogP) is 1.69. The number of hydrogen-bond acceptors (Lipinski definition) is 4. The summed E-state index contributed by atoms with van der Waals surface area (Å²) < 4.78 is 0. The highest BCUT2D eigenvalue weighted by molar-refractivity contribution is 5.54. The van der Waals surface area contributed by atoms with Crippen molar-refractivity contribution in [1.82, 2.24) is 10.2 Å². The lowest BCUT2D eigenvalue weighted by Crippen LogP contribution is -2.46. The van der Waals surface area contributed by atoms with Crippen molar-refractivity contribution < 1.29 is 5.11 Å². The quantitative estimate of drug-likeness (QED) is 0.802. The van der Waals surface area contributed by atoms with Gasteiger partial charge in [-0.1, -0.05) is 25.1 Å². The number of aliphatic hydroxyl groups excluding tert-OH is 1. The first-order valence-corrected chi connectivity index (χ1v) is 8.14. The topological polar surface area (TPSA) is 38.7 Å². The Morgan fingerprint density at radius 3 is 2.57 bits per heavy atom. The molecule has 0 aromatic heterocycles.